The van der Waals surface area contributed by atoms with Gasteiger partial charge in [-0.15, -0.1) is 0 Å². The predicted octanol–water partition coefficient (Wildman–Crippen LogP) is 2.70. The highest BCUT2D eigenvalue weighted by Gasteiger charge is 2.32. The van der Waals surface area contributed by atoms with E-state index in [4.69, 9.17) is 1.37 Å². The minimum atomic E-state index is -4.41. The van der Waals surface area contributed by atoms with Crippen LogP contribution in [-0.2, 0) is 6.18 Å². The van der Waals surface area contributed by atoms with Crippen LogP contribution in [0.5, 0.6) is 0 Å². The average Bonchev–Trinajstić information content (AvgIpc) is 2.64. The van der Waals surface area contributed by atoms with Crippen LogP contribution in [0.1, 0.15) is 19.9 Å². The molecule has 0 spiro atoms. The number of hydrogen-bond donors (Lipinski definition) is 0. The molecular weight excluding hydrogens is 205 g/mol. The molecule has 1 aromatic rings. The zero-order valence-corrected chi connectivity index (χ0v) is 7.96. The maximum absolute atomic E-state index is 12.4. The van der Waals surface area contributed by atoms with Crippen molar-refractivity contribution in [1.29, 1.82) is 0 Å². The number of anilines is 1. The van der Waals surface area contributed by atoms with Gasteiger partial charge in [0.2, 0.25) is 0 Å². The molecule has 2 rings (SSSR count). The molecule has 0 radical (unpaired) electrons. The fourth-order valence-corrected chi connectivity index (χ4v) is 1.55. The van der Waals surface area contributed by atoms with Crippen molar-refractivity contribution < 1.29 is 14.5 Å². The standard InChI is InChI=1S/C10H11F3N2/c11-10(12,13)8-4-3-5-9(14-8)15-6-1-2-7-15/h3-5H,1-2,6-7H2/i1D/t1-/m1/s1. The largest absolute Gasteiger partial charge is 0.433 e. The molecule has 0 saturated carbocycles. The monoisotopic (exact) mass is 217 g/mol. The third-order valence-electron chi connectivity index (χ3n) is 2.30. The van der Waals surface area contributed by atoms with Crippen molar-refractivity contribution in [2.75, 3.05) is 18.0 Å². The van der Waals surface area contributed by atoms with Gasteiger partial charge in [-0.1, -0.05) is 6.07 Å². The molecule has 15 heavy (non-hydrogen) atoms. The highest BCUT2D eigenvalue weighted by Crippen LogP contribution is 2.29. The summed E-state index contributed by atoms with van der Waals surface area (Å²) in [5.41, 5.74) is -0.876. The number of alkyl halides is 3. The number of hydrogen-bond acceptors (Lipinski definition) is 2. The lowest BCUT2D eigenvalue weighted by Gasteiger charge is -2.17. The second-order valence-electron chi connectivity index (χ2n) is 3.40. The molecule has 0 aromatic carbocycles. The minimum absolute atomic E-state index is 0.226. The van der Waals surface area contributed by atoms with Crippen LogP contribution >= 0.6 is 0 Å². The number of rotatable bonds is 1. The van der Waals surface area contributed by atoms with E-state index >= 15 is 0 Å². The number of pyridine rings is 1. The van der Waals surface area contributed by atoms with Gasteiger partial charge in [-0.3, -0.25) is 0 Å². The Balaban J connectivity index is 2.23. The Morgan fingerprint density at radius 2 is 2.13 bits per heavy atom. The number of halogens is 3. The SMILES string of the molecule is [2H][C@@H]1CCN(c2cccc(C(F)(F)F)n2)C1. The van der Waals surface area contributed by atoms with Crippen molar-refractivity contribution in [3.05, 3.63) is 23.9 Å². The van der Waals surface area contributed by atoms with Gasteiger partial charge in [-0.2, -0.15) is 13.2 Å². The average molecular weight is 217 g/mol. The summed E-state index contributed by atoms with van der Waals surface area (Å²) in [6.07, 6.45) is -3.95. The molecule has 1 atom stereocenters. The normalized spacial score (nSPS) is 23.0. The maximum Gasteiger partial charge on any atom is 0.433 e. The summed E-state index contributed by atoms with van der Waals surface area (Å²) in [6.45, 7) is 1.05. The maximum atomic E-state index is 12.4. The van der Waals surface area contributed by atoms with E-state index in [0.29, 0.717) is 25.3 Å². The molecule has 2 heterocycles. The highest BCUT2D eigenvalue weighted by molar-refractivity contribution is 5.40. The molecule has 1 aliphatic rings. The third-order valence-corrected chi connectivity index (χ3v) is 2.30. The molecule has 1 saturated heterocycles. The molecule has 0 bridgehead atoms. The summed E-state index contributed by atoms with van der Waals surface area (Å²) >= 11 is 0. The molecule has 1 aromatic heterocycles. The van der Waals surface area contributed by atoms with Crippen molar-refractivity contribution in [3.8, 4) is 0 Å². The van der Waals surface area contributed by atoms with E-state index in [1.807, 2.05) is 0 Å². The van der Waals surface area contributed by atoms with E-state index in [-0.39, 0.29) is 6.40 Å². The summed E-state index contributed by atoms with van der Waals surface area (Å²) in [7, 11) is 0. The predicted molar refractivity (Wildman–Crippen MR) is 50.7 cm³/mol. The smallest absolute Gasteiger partial charge is 0.357 e. The molecular formula is C10H11F3N2. The summed E-state index contributed by atoms with van der Waals surface area (Å²) in [5.74, 6) is 0.310. The van der Waals surface area contributed by atoms with Crippen molar-refractivity contribution in [2.45, 2.75) is 19.0 Å². The van der Waals surface area contributed by atoms with Crippen LogP contribution in [-0.4, -0.2) is 18.1 Å². The molecule has 1 aliphatic heterocycles. The molecule has 2 nitrogen and oxygen atoms in total. The van der Waals surface area contributed by atoms with Gasteiger partial charge in [0.1, 0.15) is 11.5 Å². The highest BCUT2D eigenvalue weighted by atomic mass is 19.4. The minimum Gasteiger partial charge on any atom is -0.357 e. The quantitative estimate of drug-likeness (QED) is 0.719. The Morgan fingerprint density at radius 1 is 1.33 bits per heavy atom. The van der Waals surface area contributed by atoms with Gasteiger partial charge >= 0.3 is 6.18 Å². The molecule has 0 aliphatic carbocycles. The summed E-state index contributed by atoms with van der Waals surface area (Å²) in [5, 5.41) is 0. The van der Waals surface area contributed by atoms with Gasteiger partial charge in [0.05, 0.1) is 0 Å². The first kappa shape index (κ1) is 9.00. The zero-order chi connectivity index (χ0) is 11.8. The van der Waals surface area contributed by atoms with Crippen molar-refractivity contribution >= 4 is 5.82 Å². The lowest BCUT2D eigenvalue weighted by atomic mass is 10.3. The summed E-state index contributed by atoms with van der Waals surface area (Å²) in [4.78, 5) is 5.29. The number of aromatic nitrogens is 1. The van der Waals surface area contributed by atoms with Gasteiger partial charge in [0.25, 0.3) is 0 Å². The third kappa shape index (κ3) is 2.22. The van der Waals surface area contributed by atoms with Crippen LogP contribution in [0.15, 0.2) is 18.2 Å². The van der Waals surface area contributed by atoms with E-state index in [0.717, 1.165) is 6.07 Å². The van der Waals surface area contributed by atoms with E-state index in [1.165, 1.54) is 6.07 Å². The van der Waals surface area contributed by atoms with Gasteiger partial charge in [-0.25, -0.2) is 4.98 Å². The van der Waals surface area contributed by atoms with E-state index in [2.05, 4.69) is 4.98 Å². The second-order valence-corrected chi connectivity index (χ2v) is 3.40. The first-order chi connectivity index (χ1) is 7.47. The Hall–Kier alpha value is -1.26. The van der Waals surface area contributed by atoms with Crippen LogP contribution in [0.25, 0.3) is 0 Å². The fourth-order valence-electron chi connectivity index (χ4n) is 1.55. The Labute approximate surface area is 87.1 Å². The fraction of sp³-hybridized carbons (Fsp3) is 0.500. The topological polar surface area (TPSA) is 16.1 Å². The number of nitrogens with zero attached hydrogens (tertiary/aromatic N) is 2. The van der Waals surface area contributed by atoms with Crippen LogP contribution in [0.2, 0.25) is 0 Å². The van der Waals surface area contributed by atoms with Crippen LogP contribution in [0.3, 0.4) is 0 Å². The lowest BCUT2D eigenvalue weighted by Crippen LogP contribution is -2.20. The van der Waals surface area contributed by atoms with E-state index < -0.39 is 11.9 Å². The molecule has 82 valence electrons. The van der Waals surface area contributed by atoms with Crippen LogP contribution in [0.4, 0.5) is 19.0 Å². The van der Waals surface area contributed by atoms with E-state index in [1.54, 1.807) is 11.0 Å². The van der Waals surface area contributed by atoms with Gasteiger partial charge in [0.15, 0.2) is 0 Å². The van der Waals surface area contributed by atoms with Crippen LogP contribution in [0, 0.1) is 0 Å². The lowest BCUT2D eigenvalue weighted by molar-refractivity contribution is -0.141. The van der Waals surface area contributed by atoms with Crippen molar-refractivity contribution in [1.82, 2.24) is 4.98 Å². The van der Waals surface area contributed by atoms with Gasteiger partial charge in [0, 0.05) is 14.5 Å². The van der Waals surface area contributed by atoms with E-state index in [9.17, 15) is 13.2 Å². The second kappa shape index (κ2) is 3.72. The molecule has 0 N–H and O–H groups in total. The Morgan fingerprint density at radius 3 is 2.73 bits per heavy atom. The van der Waals surface area contributed by atoms with Gasteiger partial charge in [-0.05, 0) is 25.0 Å². The Bertz CT molecular complexity index is 381. The van der Waals surface area contributed by atoms with Crippen molar-refractivity contribution in [2.24, 2.45) is 0 Å². The summed E-state index contributed by atoms with van der Waals surface area (Å²) < 4.78 is 44.7. The van der Waals surface area contributed by atoms with Gasteiger partial charge < -0.3 is 4.90 Å². The first-order valence-corrected chi connectivity index (χ1v) is 4.68. The molecule has 0 unspecified atom stereocenters. The molecule has 5 heteroatoms. The Kier molecular flexibility index (Phi) is 2.23. The first-order valence-electron chi connectivity index (χ1n) is 5.26. The molecule has 0 amide bonds. The van der Waals surface area contributed by atoms with Crippen molar-refractivity contribution in [3.63, 3.8) is 0 Å². The molecule has 1 fully saturated rings. The summed E-state index contributed by atoms with van der Waals surface area (Å²) in [6, 6.07) is 3.85. The zero-order valence-electron chi connectivity index (χ0n) is 8.96. The van der Waals surface area contributed by atoms with Crippen LogP contribution < -0.4 is 4.90 Å².